The van der Waals surface area contributed by atoms with E-state index in [9.17, 15) is 43.4 Å². The zero-order valence-corrected chi connectivity index (χ0v) is 21.2. The lowest BCUT2D eigenvalue weighted by atomic mass is 10.1. The maximum absolute atomic E-state index is 11.9. The van der Waals surface area contributed by atoms with Gasteiger partial charge in [-0.05, 0) is 6.07 Å². The van der Waals surface area contributed by atoms with Crippen molar-refractivity contribution >= 4 is 61.1 Å². The molecule has 0 saturated heterocycles. The van der Waals surface area contributed by atoms with Gasteiger partial charge in [0.05, 0.1) is 14.9 Å². The molecular weight excluding hydrogens is 572 g/mol. The number of amidine groups is 1. The van der Waals surface area contributed by atoms with Gasteiger partial charge >= 0.3 is 0 Å². The predicted molar refractivity (Wildman–Crippen MR) is 143 cm³/mol. The third-order valence-corrected chi connectivity index (χ3v) is 6.52. The molecule has 0 atom stereocenters. The topological polar surface area (TPSA) is 230 Å². The highest BCUT2D eigenvalue weighted by molar-refractivity contribution is 7.86. The lowest BCUT2D eigenvalue weighted by Crippen LogP contribution is -2.02. The molecule has 0 heterocycles. The number of fused-ring (bicyclic) bond motifs is 1. The first-order chi connectivity index (χ1) is 18.9. The molecule has 4 rings (SSSR count). The average Bonchev–Trinajstić information content (AvgIpc) is 2.90. The molecule has 17 heteroatoms. The highest BCUT2D eigenvalue weighted by Crippen LogP contribution is 2.41. The number of nitro groups is 2. The van der Waals surface area contributed by atoms with Crippen LogP contribution in [0.15, 0.2) is 87.0 Å². The van der Waals surface area contributed by atoms with Gasteiger partial charge < -0.3 is 10.2 Å². The SMILES string of the molecule is O=[N+]([O-])c1cc(Cl)c(O)c(NN=C(N=Nc2c(O)cc(S(=O)(=O)O)c3cc([N+](=O)[O-])ccc23)c2ccccc2)c1. The van der Waals surface area contributed by atoms with E-state index >= 15 is 0 Å². The minimum absolute atomic E-state index is 0.106. The van der Waals surface area contributed by atoms with Crippen molar-refractivity contribution in [3.05, 3.63) is 97.5 Å². The molecule has 0 saturated carbocycles. The summed E-state index contributed by atoms with van der Waals surface area (Å²) in [4.78, 5) is 20.1. The third-order valence-electron chi connectivity index (χ3n) is 5.34. The van der Waals surface area contributed by atoms with Crippen LogP contribution >= 0.6 is 11.6 Å². The first kappa shape index (κ1) is 27.8. The summed E-state index contributed by atoms with van der Waals surface area (Å²) in [5.41, 5.74) is 1.30. The molecule has 0 unspecified atom stereocenters. The second kappa shape index (κ2) is 10.9. The van der Waals surface area contributed by atoms with Crippen molar-refractivity contribution in [1.29, 1.82) is 0 Å². The minimum atomic E-state index is -4.91. The molecule has 40 heavy (non-hydrogen) atoms. The number of aromatic hydroxyl groups is 2. The number of anilines is 1. The first-order valence-electron chi connectivity index (χ1n) is 10.8. The van der Waals surface area contributed by atoms with Gasteiger partial charge in [-0.15, -0.1) is 10.2 Å². The molecule has 204 valence electrons. The third kappa shape index (κ3) is 5.78. The largest absolute Gasteiger partial charge is 0.506 e. The Bertz CT molecular complexity index is 1850. The van der Waals surface area contributed by atoms with Crippen LogP contribution in [0.25, 0.3) is 10.8 Å². The number of rotatable bonds is 7. The number of benzene rings is 4. The monoisotopic (exact) mass is 586 g/mol. The van der Waals surface area contributed by atoms with Crippen molar-refractivity contribution in [3.63, 3.8) is 0 Å². The summed E-state index contributed by atoms with van der Waals surface area (Å²) in [7, 11) is -4.91. The van der Waals surface area contributed by atoms with Crippen molar-refractivity contribution in [1.82, 2.24) is 0 Å². The molecule has 4 aromatic carbocycles. The maximum Gasteiger partial charge on any atom is 0.295 e. The van der Waals surface area contributed by atoms with Gasteiger partial charge in [0.1, 0.15) is 22.0 Å². The smallest absolute Gasteiger partial charge is 0.295 e. The van der Waals surface area contributed by atoms with Crippen molar-refractivity contribution in [2.45, 2.75) is 4.90 Å². The van der Waals surface area contributed by atoms with Gasteiger partial charge in [0.2, 0.25) is 5.84 Å². The zero-order valence-electron chi connectivity index (χ0n) is 19.7. The standard InChI is InChI=1S/C23H15ClN6O9S/c24-17-9-14(30(35)36)10-18(22(17)32)25-27-23(12-4-2-1-3-5-12)28-26-21-15-7-6-13(29(33)34)8-16(15)20(11-19(21)31)40(37,38)39/h1-11,25,31-32H,(H,37,38,39). The van der Waals surface area contributed by atoms with Gasteiger partial charge in [-0.2, -0.15) is 13.5 Å². The zero-order chi connectivity index (χ0) is 29.2. The van der Waals surface area contributed by atoms with Gasteiger partial charge in [0, 0.05) is 46.7 Å². The number of nitro benzene ring substituents is 2. The van der Waals surface area contributed by atoms with E-state index in [1.165, 1.54) is 0 Å². The molecule has 4 N–H and O–H groups in total. The number of hydrogen-bond donors (Lipinski definition) is 4. The number of non-ortho nitro benzene ring substituents is 2. The molecule has 0 aromatic heterocycles. The number of azo groups is 1. The van der Waals surface area contributed by atoms with Gasteiger partial charge in [0.15, 0.2) is 5.75 Å². The van der Waals surface area contributed by atoms with E-state index in [0.29, 0.717) is 11.6 Å². The molecule has 15 nitrogen and oxygen atoms in total. The lowest BCUT2D eigenvalue weighted by molar-refractivity contribution is -0.384. The Morgan fingerprint density at radius 2 is 1.57 bits per heavy atom. The quantitative estimate of drug-likeness (QED) is 0.0402. The number of nitrogens with zero attached hydrogens (tertiary/aromatic N) is 5. The molecular formula is C23H15ClN6O9S. The molecule has 0 aliphatic rings. The summed E-state index contributed by atoms with van der Waals surface area (Å²) in [6, 6.07) is 13.7. The van der Waals surface area contributed by atoms with Crippen LogP contribution in [0.2, 0.25) is 5.02 Å². The Kier molecular flexibility index (Phi) is 7.58. The predicted octanol–water partition coefficient (Wildman–Crippen LogP) is 5.53. The molecule has 4 aromatic rings. The summed E-state index contributed by atoms with van der Waals surface area (Å²) in [6.07, 6.45) is 0. The van der Waals surface area contributed by atoms with Crippen LogP contribution < -0.4 is 5.43 Å². The fourth-order valence-corrected chi connectivity index (χ4v) is 4.42. The Morgan fingerprint density at radius 3 is 2.20 bits per heavy atom. The van der Waals surface area contributed by atoms with Gasteiger partial charge in [-0.1, -0.05) is 41.9 Å². The van der Waals surface area contributed by atoms with Gasteiger partial charge in [0.25, 0.3) is 21.5 Å². The van der Waals surface area contributed by atoms with Crippen molar-refractivity contribution in [2.75, 3.05) is 5.43 Å². The molecule has 0 spiro atoms. The summed E-state index contributed by atoms with van der Waals surface area (Å²) < 4.78 is 33.4. The lowest BCUT2D eigenvalue weighted by Gasteiger charge is -2.09. The van der Waals surface area contributed by atoms with Crippen LogP contribution in [-0.4, -0.2) is 38.9 Å². The normalized spacial score (nSPS) is 12.1. The molecule has 0 radical (unpaired) electrons. The Morgan fingerprint density at radius 1 is 0.900 bits per heavy atom. The highest BCUT2D eigenvalue weighted by atomic mass is 35.5. The van der Waals surface area contributed by atoms with Crippen LogP contribution in [0.3, 0.4) is 0 Å². The Balaban J connectivity index is 1.86. The van der Waals surface area contributed by atoms with Crippen LogP contribution in [0.1, 0.15) is 5.56 Å². The van der Waals surface area contributed by atoms with Gasteiger partial charge in [-0.3, -0.25) is 30.2 Å². The van der Waals surface area contributed by atoms with Gasteiger partial charge in [-0.25, -0.2) is 0 Å². The molecule has 0 aliphatic heterocycles. The average molecular weight is 587 g/mol. The maximum atomic E-state index is 11.9. The number of hydrogen-bond acceptors (Lipinski definition) is 11. The van der Waals surface area contributed by atoms with E-state index in [1.54, 1.807) is 30.3 Å². The fourth-order valence-electron chi connectivity index (χ4n) is 3.50. The Hall–Kier alpha value is -5.19. The minimum Gasteiger partial charge on any atom is -0.506 e. The summed E-state index contributed by atoms with van der Waals surface area (Å²) >= 11 is 5.87. The van der Waals surface area contributed by atoms with E-state index < -0.39 is 47.7 Å². The van der Waals surface area contributed by atoms with Crippen molar-refractivity contribution in [2.24, 2.45) is 15.3 Å². The second-order valence-corrected chi connectivity index (χ2v) is 9.70. The summed E-state index contributed by atoms with van der Waals surface area (Å²) in [5, 5.41) is 54.4. The summed E-state index contributed by atoms with van der Waals surface area (Å²) in [6.45, 7) is 0. The first-order valence-corrected chi connectivity index (χ1v) is 12.6. The second-order valence-electron chi connectivity index (χ2n) is 7.90. The van der Waals surface area contributed by atoms with E-state index in [4.69, 9.17) is 11.6 Å². The van der Waals surface area contributed by atoms with Crippen LogP contribution in [0, 0.1) is 20.2 Å². The van der Waals surface area contributed by atoms with E-state index in [2.05, 4.69) is 20.8 Å². The number of halogens is 1. The van der Waals surface area contributed by atoms with E-state index in [-0.39, 0.29) is 33.0 Å². The molecule has 0 fully saturated rings. The number of phenolic OH excluding ortho intramolecular Hbond substituents is 2. The highest BCUT2D eigenvalue weighted by Gasteiger charge is 2.22. The van der Waals surface area contributed by atoms with Crippen molar-refractivity contribution in [3.8, 4) is 11.5 Å². The van der Waals surface area contributed by atoms with E-state index in [1.807, 2.05) is 0 Å². The number of hydrazone groups is 1. The molecule has 0 aliphatic carbocycles. The number of phenols is 2. The fraction of sp³-hybridized carbons (Fsp3) is 0. The Labute approximate surface area is 228 Å². The summed E-state index contributed by atoms with van der Waals surface area (Å²) in [5.74, 6) is -1.44. The van der Waals surface area contributed by atoms with Crippen LogP contribution in [0.4, 0.5) is 22.7 Å². The molecule has 0 bridgehead atoms. The van der Waals surface area contributed by atoms with E-state index in [0.717, 1.165) is 30.3 Å². The van der Waals surface area contributed by atoms with Crippen molar-refractivity contribution < 1.29 is 33.0 Å². The molecule has 0 amide bonds. The van der Waals surface area contributed by atoms with Crippen LogP contribution in [-0.2, 0) is 10.1 Å². The number of nitrogens with one attached hydrogen (secondary N) is 1. The van der Waals surface area contributed by atoms with Crippen LogP contribution in [0.5, 0.6) is 11.5 Å².